The van der Waals surface area contributed by atoms with Crippen LogP contribution in [0.25, 0.3) is 11.0 Å². The monoisotopic (exact) mass is 301 g/mol. The molecule has 0 unspecified atom stereocenters. The van der Waals surface area contributed by atoms with Gasteiger partial charge in [-0.3, -0.25) is 4.90 Å². The Bertz CT molecular complexity index is 749. The van der Waals surface area contributed by atoms with Crippen LogP contribution in [0.4, 0.5) is 0 Å². The van der Waals surface area contributed by atoms with E-state index in [-0.39, 0.29) is 0 Å². The number of benzene rings is 1. The Morgan fingerprint density at radius 2 is 2.10 bits per heavy atom. The first kappa shape index (κ1) is 14.5. The molecule has 1 aromatic carbocycles. The topological polar surface area (TPSA) is 24.0 Å². The lowest BCUT2D eigenvalue weighted by atomic mass is 10.1. The molecular weight excluding hydrogens is 278 g/mol. The van der Waals surface area contributed by atoms with Crippen molar-refractivity contribution in [3.63, 3.8) is 0 Å². The second-order valence-corrected chi connectivity index (χ2v) is 6.69. The second kappa shape index (κ2) is 5.43. The van der Waals surface area contributed by atoms with Crippen molar-refractivity contribution in [2.45, 2.75) is 46.3 Å². The van der Waals surface area contributed by atoms with Gasteiger partial charge in [-0.05, 0) is 51.5 Å². The third-order valence-corrected chi connectivity index (χ3v) is 4.91. The zero-order valence-electron chi connectivity index (χ0n) is 13.2. The minimum atomic E-state index is 0.362. The average molecular weight is 301 g/mol. The van der Waals surface area contributed by atoms with Crippen LogP contribution in [0.1, 0.15) is 39.3 Å². The predicted molar refractivity (Wildman–Crippen MR) is 91.1 cm³/mol. The molecule has 1 aliphatic heterocycles. The van der Waals surface area contributed by atoms with E-state index in [0.29, 0.717) is 12.1 Å². The number of aromatic amines is 1. The van der Waals surface area contributed by atoms with Crippen molar-refractivity contribution in [1.82, 2.24) is 14.5 Å². The SMILES string of the molecule is CC(C)=CCN1Cc2cccc3[nH]c(=S)n(c23)[C@@H](C)[C@H]1C. The Morgan fingerprint density at radius 3 is 2.81 bits per heavy atom. The standard InChI is InChI=1S/C17H23N3S/c1-11(2)8-9-19-10-14-6-5-7-15-16(14)20(17(21)18-15)13(4)12(19)3/h5-8,12-13H,9-10H2,1-4H3,(H,18,21)/t12-,13+/m1/s1. The highest BCUT2D eigenvalue weighted by atomic mass is 32.1. The van der Waals surface area contributed by atoms with Gasteiger partial charge >= 0.3 is 0 Å². The fraction of sp³-hybridized carbons (Fsp3) is 0.471. The number of rotatable bonds is 2. The zero-order valence-corrected chi connectivity index (χ0v) is 14.0. The van der Waals surface area contributed by atoms with E-state index in [0.717, 1.165) is 23.4 Å². The van der Waals surface area contributed by atoms with Gasteiger partial charge in [-0.25, -0.2) is 0 Å². The van der Waals surface area contributed by atoms with Crippen molar-refractivity contribution in [1.29, 1.82) is 0 Å². The highest BCUT2D eigenvalue weighted by molar-refractivity contribution is 7.71. The number of hydrogen-bond acceptors (Lipinski definition) is 2. The molecule has 0 spiro atoms. The minimum absolute atomic E-state index is 0.362. The summed E-state index contributed by atoms with van der Waals surface area (Å²) in [6.07, 6.45) is 2.31. The van der Waals surface area contributed by atoms with E-state index < -0.39 is 0 Å². The lowest BCUT2D eigenvalue weighted by Crippen LogP contribution is -2.36. The van der Waals surface area contributed by atoms with Gasteiger partial charge in [0, 0.05) is 25.2 Å². The summed E-state index contributed by atoms with van der Waals surface area (Å²) in [6.45, 7) is 10.9. The molecule has 1 aliphatic rings. The van der Waals surface area contributed by atoms with Gasteiger partial charge in [0.15, 0.2) is 4.77 Å². The Morgan fingerprint density at radius 1 is 1.33 bits per heavy atom. The van der Waals surface area contributed by atoms with Crippen molar-refractivity contribution in [3.8, 4) is 0 Å². The number of hydrogen-bond donors (Lipinski definition) is 1. The van der Waals surface area contributed by atoms with Crippen LogP contribution in [-0.4, -0.2) is 27.0 Å². The molecule has 0 amide bonds. The molecular formula is C17H23N3S. The molecule has 0 aliphatic carbocycles. The molecule has 112 valence electrons. The number of allylic oxidation sites excluding steroid dienone is 1. The first-order chi connectivity index (χ1) is 9.99. The van der Waals surface area contributed by atoms with Crippen LogP contribution < -0.4 is 0 Å². The summed E-state index contributed by atoms with van der Waals surface area (Å²) in [5.41, 5.74) is 5.16. The molecule has 1 aromatic heterocycles. The molecule has 2 heterocycles. The van der Waals surface area contributed by atoms with Crippen LogP contribution in [0.3, 0.4) is 0 Å². The summed E-state index contributed by atoms with van der Waals surface area (Å²) in [6, 6.07) is 7.27. The van der Waals surface area contributed by atoms with Crippen LogP contribution in [0.2, 0.25) is 0 Å². The summed E-state index contributed by atoms with van der Waals surface area (Å²) in [5, 5.41) is 0. The number of nitrogens with zero attached hydrogens (tertiary/aromatic N) is 2. The van der Waals surface area contributed by atoms with Gasteiger partial charge in [0.1, 0.15) is 0 Å². The highest BCUT2D eigenvalue weighted by Crippen LogP contribution is 2.31. The molecule has 4 heteroatoms. The van der Waals surface area contributed by atoms with Gasteiger partial charge in [0.25, 0.3) is 0 Å². The van der Waals surface area contributed by atoms with Crippen molar-refractivity contribution in [2.75, 3.05) is 6.54 Å². The molecule has 3 nitrogen and oxygen atoms in total. The number of para-hydroxylation sites is 1. The fourth-order valence-corrected chi connectivity index (χ4v) is 3.55. The van der Waals surface area contributed by atoms with Crippen molar-refractivity contribution < 1.29 is 0 Å². The van der Waals surface area contributed by atoms with Gasteiger partial charge < -0.3 is 9.55 Å². The van der Waals surface area contributed by atoms with Crippen LogP contribution in [0.5, 0.6) is 0 Å². The quantitative estimate of drug-likeness (QED) is 0.655. The van der Waals surface area contributed by atoms with E-state index in [4.69, 9.17) is 12.2 Å². The van der Waals surface area contributed by atoms with E-state index >= 15 is 0 Å². The van der Waals surface area contributed by atoms with E-state index in [9.17, 15) is 0 Å². The van der Waals surface area contributed by atoms with Gasteiger partial charge in [-0.2, -0.15) is 0 Å². The third kappa shape index (κ3) is 2.47. The first-order valence-corrected chi connectivity index (χ1v) is 7.99. The molecule has 0 bridgehead atoms. The lowest BCUT2D eigenvalue weighted by Gasteiger charge is -2.30. The zero-order chi connectivity index (χ0) is 15.1. The Hall–Kier alpha value is -1.39. The lowest BCUT2D eigenvalue weighted by molar-refractivity contribution is 0.181. The molecule has 2 aromatic rings. The number of nitrogens with one attached hydrogen (secondary N) is 1. The van der Waals surface area contributed by atoms with Crippen LogP contribution >= 0.6 is 12.2 Å². The molecule has 0 fully saturated rings. The van der Waals surface area contributed by atoms with Gasteiger partial charge in [0.2, 0.25) is 0 Å². The first-order valence-electron chi connectivity index (χ1n) is 7.58. The average Bonchev–Trinajstić information content (AvgIpc) is 2.72. The van der Waals surface area contributed by atoms with E-state index in [1.54, 1.807) is 0 Å². The van der Waals surface area contributed by atoms with Crippen LogP contribution in [0.15, 0.2) is 29.8 Å². The van der Waals surface area contributed by atoms with Gasteiger partial charge in [-0.1, -0.05) is 23.8 Å². The second-order valence-electron chi connectivity index (χ2n) is 6.31. The van der Waals surface area contributed by atoms with E-state index in [1.165, 1.54) is 16.7 Å². The Balaban J connectivity index is 2.13. The fourth-order valence-electron chi connectivity index (χ4n) is 3.18. The number of H-pyrrole nitrogens is 1. The van der Waals surface area contributed by atoms with E-state index in [1.807, 2.05) is 0 Å². The summed E-state index contributed by atoms with van der Waals surface area (Å²) in [7, 11) is 0. The molecule has 0 saturated heterocycles. The van der Waals surface area contributed by atoms with Gasteiger partial charge in [0.05, 0.1) is 11.0 Å². The molecule has 0 radical (unpaired) electrons. The highest BCUT2D eigenvalue weighted by Gasteiger charge is 2.27. The van der Waals surface area contributed by atoms with Crippen LogP contribution in [0, 0.1) is 4.77 Å². The molecule has 0 saturated carbocycles. The summed E-state index contributed by atoms with van der Waals surface area (Å²) < 4.78 is 3.13. The molecule has 21 heavy (non-hydrogen) atoms. The van der Waals surface area contributed by atoms with E-state index in [2.05, 4.69) is 66.4 Å². The number of imidazole rings is 1. The maximum atomic E-state index is 5.56. The smallest absolute Gasteiger partial charge is 0.178 e. The minimum Gasteiger partial charge on any atom is -0.331 e. The Kier molecular flexibility index (Phi) is 3.76. The predicted octanol–water partition coefficient (Wildman–Crippen LogP) is 4.43. The normalized spacial score (nSPS) is 22.3. The van der Waals surface area contributed by atoms with Crippen molar-refractivity contribution in [3.05, 3.63) is 40.2 Å². The van der Waals surface area contributed by atoms with Crippen LogP contribution in [-0.2, 0) is 6.54 Å². The summed E-state index contributed by atoms with van der Waals surface area (Å²) in [4.78, 5) is 5.89. The summed E-state index contributed by atoms with van der Waals surface area (Å²) in [5.74, 6) is 0. The van der Waals surface area contributed by atoms with Crippen molar-refractivity contribution in [2.24, 2.45) is 0 Å². The maximum Gasteiger partial charge on any atom is 0.178 e. The van der Waals surface area contributed by atoms with Gasteiger partial charge in [-0.15, -0.1) is 0 Å². The van der Waals surface area contributed by atoms with Crippen molar-refractivity contribution >= 4 is 23.3 Å². The third-order valence-electron chi connectivity index (χ3n) is 4.61. The number of aromatic nitrogens is 2. The maximum absolute atomic E-state index is 5.56. The molecule has 2 atom stereocenters. The Labute approximate surface area is 131 Å². The molecule has 3 rings (SSSR count). The largest absolute Gasteiger partial charge is 0.331 e. The molecule has 1 N–H and O–H groups in total. The summed E-state index contributed by atoms with van der Waals surface area (Å²) >= 11 is 5.56.